The minimum absolute atomic E-state index is 0.166. The minimum Gasteiger partial charge on any atom is -0.395 e. The molecular formula is C14H21BrN2O. The lowest BCUT2D eigenvalue weighted by atomic mass is 10.1. The number of aliphatic hydroxyl groups excluding tert-OH is 1. The molecule has 1 aromatic rings. The summed E-state index contributed by atoms with van der Waals surface area (Å²) in [5, 5.41) is 12.8. The Hall–Kier alpha value is -0.580. The number of rotatable bonds is 2. The molecule has 3 nitrogen and oxygen atoms in total. The second-order valence-electron chi connectivity index (χ2n) is 5.06. The Kier molecular flexibility index (Phi) is 4.65. The Labute approximate surface area is 117 Å². The molecule has 0 bridgehead atoms. The van der Waals surface area contributed by atoms with Crippen molar-refractivity contribution >= 4 is 21.6 Å². The molecule has 2 rings (SSSR count). The smallest absolute Gasteiger partial charge is 0.0601 e. The number of aryl methyl sites for hydroxylation is 1. The standard InChI is InChI=1S/C14H21BrN2O/c1-10-7-13(3-4-14(10)15)17-8-12(9-18)16-6-5-11(17)2/h3-4,7,11-12,16,18H,5-6,8-9H2,1-2H3. The average Bonchev–Trinajstić information content (AvgIpc) is 2.54. The summed E-state index contributed by atoms with van der Waals surface area (Å²) in [6.07, 6.45) is 1.10. The molecule has 0 spiro atoms. The van der Waals surface area contributed by atoms with E-state index in [0.717, 1.165) is 24.0 Å². The molecule has 2 atom stereocenters. The van der Waals surface area contributed by atoms with Gasteiger partial charge >= 0.3 is 0 Å². The maximum Gasteiger partial charge on any atom is 0.0601 e. The van der Waals surface area contributed by atoms with Crippen LogP contribution >= 0.6 is 15.9 Å². The van der Waals surface area contributed by atoms with E-state index in [1.54, 1.807) is 0 Å². The van der Waals surface area contributed by atoms with Crippen molar-refractivity contribution in [2.75, 3.05) is 24.6 Å². The Morgan fingerprint density at radius 3 is 2.94 bits per heavy atom. The first-order valence-corrected chi connectivity index (χ1v) is 7.28. The highest BCUT2D eigenvalue weighted by Crippen LogP contribution is 2.26. The molecule has 1 fully saturated rings. The van der Waals surface area contributed by atoms with Gasteiger partial charge in [0, 0.05) is 28.8 Å². The van der Waals surface area contributed by atoms with Crippen LogP contribution in [0, 0.1) is 6.92 Å². The van der Waals surface area contributed by atoms with Crippen molar-refractivity contribution in [3.63, 3.8) is 0 Å². The second-order valence-corrected chi connectivity index (χ2v) is 5.91. The Balaban J connectivity index is 2.24. The predicted molar refractivity (Wildman–Crippen MR) is 79.2 cm³/mol. The van der Waals surface area contributed by atoms with Gasteiger partial charge in [-0.3, -0.25) is 0 Å². The van der Waals surface area contributed by atoms with E-state index in [4.69, 9.17) is 0 Å². The van der Waals surface area contributed by atoms with Crippen LogP contribution < -0.4 is 10.2 Å². The van der Waals surface area contributed by atoms with Gasteiger partial charge in [0.1, 0.15) is 0 Å². The first-order valence-electron chi connectivity index (χ1n) is 6.49. The highest BCUT2D eigenvalue weighted by molar-refractivity contribution is 9.10. The zero-order chi connectivity index (χ0) is 13.1. The molecule has 0 radical (unpaired) electrons. The molecule has 1 aliphatic rings. The summed E-state index contributed by atoms with van der Waals surface area (Å²) in [5.41, 5.74) is 2.49. The number of hydrogen-bond donors (Lipinski definition) is 2. The van der Waals surface area contributed by atoms with Crippen LogP contribution in [0.5, 0.6) is 0 Å². The highest BCUT2D eigenvalue weighted by Gasteiger charge is 2.22. The number of aliphatic hydroxyl groups is 1. The molecule has 1 heterocycles. The second kappa shape index (κ2) is 6.04. The van der Waals surface area contributed by atoms with E-state index in [1.807, 2.05) is 0 Å². The molecule has 2 unspecified atom stereocenters. The van der Waals surface area contributed by atoms with Crippen molar-refractivity contribution in [2.24, 2.45) is 0 Å². The first-order chi connectivity index (χ1) is 8.61. The van der Waals surface area contributed by atoms with Crippen molar-refractivity contribution in [1.29, 1.82) is 0 Å². The molecular weight excluding hydrogens is 292 g/mol. The Morgan fingerprint density at radius 1 is 1.50 bits per heavy atom. The molecule has 4 heteroatoms. The summed E-state index contributed by atoms with van der Waals surface area (Å²) < 4.78 is 1.14. The number of nitrogens with zero attached hydrogens (tertiary/aromatic N) is 1. The minimum atomic E-state index is 0.166. The van der Waals surface area contributed by atoms with E-state index in [9.17, 15) is 5.11 Å². The van der Waals surface area contributed by atoms with Crippen LogP contribution in [0.2, 0.25) is 0 Å². The van der Waals surface area contributed by atoms with Crippen LogP contribution in [0.3, 0.4) is 0 Å². The molecule has 100 valence electrons. The van der Waals surface area contributed by atoms with Crippen LogP contribution in [0.1, 0.15) is 18.9 Å². The lowest BCUT2D eigenvalue weighted by Crippen LogP contribution is -2.42. The van der Waals surface area contributed by atoms with E-state index < -0.39 is 0 Å². The number of hydrogen-bond acceptors (Lipinski definition) is 3. The summed E-state index contributed by atoms with van der Waals surface area (Å²) in [4.78, 5) is 2.39. The van der Waals surface area contributed by atoms with E-state index in [0.29, 0.717) is 6.04 Å². The van der Waals surface area contributed by atoms with Gasteiger partial charge in [0.2, 0.25) is 0 Å². The van der Waals surface area contributed by atoms with E-state index in [1.165, 1.54) is 11.3 Å². The third-order valence-electron chi connectivity index (χ3n) is 3.64. The fraction of sp³-hybridized carbons (Fsp3) is 0.571. The van der Waals surface area contributed by atoms with Gasteiger partial charge in [-0.1, -0.05) is 15.9 Å². The van der Waals surface area contributed by atoms with E-state index in [2.05, 4.69) is 58.2 Å². The maximum atomic E-state index is 9.37. The maximum absolute atomic E-state index is 9.37. The average molecular weight is 313 g/mol. The lowest BCUT2D eigenvalue weighted by molar-refractivity contribution is 0.248. The fourth-order valence-corrected chi connectivity index (χ4v) is 2.67. The monoisotopic (exact) mass is 312 g/mol. The van der Waals surface area contributed by atoms with Gasteiger partial charge in [0.05, 0.1) is 6.61 Å². The normalized spacial score (nSPS) is 25.0. The van der Waals surface area contributed by atoms with Crippen molar-refractivity contribution in [1.82, 2.24) is 5.32 Å². The van der Waals surface area contributed by atoms with Crippen molar-refractivity contribution in [3.8, 4) is 0 Å². The first kappa shape index (κ1) is 13.8. The fourth-order valence-electron chi connectivity index (χ4n) is 2.42. The molecule has 1 aromatic carbocycles. The van der Waals surface area contributed by atoms with Gasteiger partial charge in [-0.2, -0.15) is 0 Å². The molecule has 0 amide bonds. The summed E-state index contributed by atoms with van der Waals surface area (Å²) in [6.45, 7) is 6.38. The molecule has 0 saturated carbocycles. The summed E-state index contributed by atoms with van der Waals surface area (Å²) in [7, 11) is 0. The largest absolute Gasteiger partial charge is 0.395 e. The van der Waals surface area contributed by atoms with Crippen LogP contribution in [0.15, 0.2) is 22.7 Å². The van der Waals surface area contributed by atoms with Gasteiger partial charge in [-0.15, -0.1) is 0 Å². The van der Waals surface area contributed by atoms with E-state index in [-0.39, 0.29) is 12.6 Å². The van der Waals surface area contributed by atoms with Gasteiger partial charge in [0.15, 0.2) is 0 Å². The molecule has 2 N–H and O–H groups in total. The summed E-state index contributed by atoms with van der Waals surface area (Å²) >= 11 is 3.54. The summed E-state index contributed by atoms with van der Waals surface area (Å²) in [5.74, 6) is 0. The van der Waals surface area contributed by atoms with Crippen molar-refractivity contribution in [3.05, 3.63) is 28.2 Å². The van der Waals surface area contributed by atoms with E-state index >= 15 is 0 Å². The van der Waals surface area contributed by atoms with Gasteiger partial charge < -0.3 is 15.3 Å². The topological polar surface area (TPSA) is 35.5 Å². The van der Waals surface area contributed by atoms with Gasteiger partial charge in [-0.05, 0) is 50.6 Å². The molecule has 0 aromatic heterocycles. The van der Waals surface area contributed by atoms with Crippen molar-refractivity contribution < 1.29 is 5.11 Å². The molecule has 18 heavy (non-hydrogen) atoms. The van der Waals surface area contributed by atoms with Crippen LogP contribution in [-0.4, -0.2) is 36.9 Å². The Bertz CT molecular complexity index is 411. The van der Waals surface area contributed by atoms with Crippen LogP contribution in [0.25, 0.3) is 0 Å². The third kappa shape index (κ3) is 3.05. The molecule has 0 aliphatic carbocycles. The summed E-state index contributed by atoms with van der Waals surface area (Å²) in [6, 6.07) is 7.12. The van der Waals surface area contributed by atoms with Gasteiger partial charge in [0.25, 0.3) is 0 Å². The number of halogens is 1. The number of nitrogens with one attached hydrogen (secondary N) is 1. The number of benzene rings is 1. The molecule has 1 saturated heterocycles. The van der Waals surface area contributed by atoms with Crippen LogP contribution in [-0.2, 0) is 0 Å². The molecule has 1 aliphatic heterocycles. The van der Waals surface area contributed by atoms with Crippen LogP contribution in [0.4, 0.5) is 5.69 Å². The quantitative estimate of drug-likeness (QED) is 0.879. The highest BCUT2D eigenvalue weighted by atomic mass is 79.9. The van der Waals surface area contributed by atoms with Crippen molar-refractivity contribution in [2.45, 2.75) is 32.4 Å². The number of anilines is 1. The Morgan fingerprint density at radius 2 is 2.28 bits per heavy atom. The zero-order valence-electron chi connectivity index (χ0n) is 11.0. The SMILES string of the molecule is Cc1cc(N2CC(CO)NCCC2C)ccc1Br. The predicted octanol–water partition coefficient (Wildman–Crippen LogP) is 2.31. The van der Waals surface area contributed by atoms with Gasteiger partial charge in [-0.25, -0.2) is 0 Å². The zero-order valence-corrected chi connectivity index (χ0v) is 12.6. The third-order valence-corrected chi connectivity index (χ3v) is 4.53. The lowest BCUT2D eigenvalue weighted by Gasteiger charge is -2.31.